The van der Waals surface area contributed by atoms with E-state index in [1.54, 1.807) is 65.0 Å². The number of Topliss-reactive ketones (excluding diaryl/α,β-unsaturated/α-hetero) is 1. The monoisotopic (exact) mass is 623 g/mol. The van der Waals surface area contributed by atoms with Gasteiger partial charge in [-0.2, -0.15) is 0 Å². The number of aliphatic carboxylic acids is 1. The molecule has 0 radical (unpaired) electrons. The van der Waals surface area contributed by atoms with Gasteiger partial charge in [0.25, 0.3) is 0 Å². The molecular formula is C31H45NO12. The van der Waals surface area contributed by atoms with Crippen molar-refractivity contribution in [3.8, 4) is 0 Å². The molecule has 13 nitrogen and oxygen atoms in total. The van der Waals surface area contributed by atoms with Gasteiger partial charge >= 0.3 is 30.0 Å². The number of carboxylic acid groups (broad SMARTS) is 1. The zero-order chi connectivity index (χ0) is 34.0. The van der Waals surface area contributed by atoms with Crippen molar-refractivity contribution in [2.75, 3.05) is 0 Å². The van der Waals surface area contributed by atoms with Crippen LogP contribution < -0.4 is 5.32 Å². The molecule has 0 heterocycles. The van der Waals surface area contributed by atoms with Crippen LogP contribution in [0.3, 0.4) is 0 Å². The molecular weight excluding hydrogens is 578 g/mol. The molecule has 0 saturated carbocycles. The van der Waals surface area contributed by atoms with Gasteiger partial charge in [-0.3, -0.25) is 9.59 Å². The molecule has 0 aliphatic rings. The third-order valence-corrected chi connectivity index (χ3v) is 6.62. The number of hydrogen-bond donors (Lipinski definition) is 3. The van der Waals surface area contributed by atoms with Crippen molar-refractivity contribution in [2.45, 2.75) is 111 Å². The first-order valence-electron chi connectivity index (χ1n) is 14.3. The molecule has 1 aromatic carbocycles. The van der Waals surface area contributed by atoms with Gasteiger partial charge in [-0.1, -0.05) is 44.2 Å². The number of amides is 1. The molecule has 1 amide bonds. The summed E-state index contributed by atoms with van der Waals surface area (Å²) in [6.45, 7) is 13.0. The molecule has 1 rings (SSSR count). The molecule has 246 valence electrons. The van der Waals surface area contributed by atoms with Crippen molar-refractivity contribution in [1.82, 2.24) is 5.32 Å². The molecule has 0 unspecified atom stereocenters. The Morgan fingerprint density at radius 3 is 1.91 bits per heavy atom. The van der Waals surface area contributed by atoms with Crippen LogP contribution in [0.1, 0.15) is 74.3 Å². The third kappa shape index (κ3) is 11.6. The molecule has 0 spiro atoms. The number of aliphatic hydroxyl groups excluding tert-OH is 1. The van der Waals surface area contributed by atoms with E-state index in [1.807, 2.05) is 0 Å². The van der Waals surface area contributed by atoms with Crippen molar-refractivity contribution < 1.29 is 57.9 Å². The molecule has 0 bridgehead atoms. The standard InChI is InChI=1S/C31H45NO12/c1-10-17(2)23(27(38)41-19(4)22(25(35)36)32-29(40)44-30(5,6)7)43-28(39)31(8,9)24(34)21(42-26(37)18(3)33)16-20-14-12-11-13-15-20/h11-15,17-19,21-23,33H,10,16H2,1-9H3,(H,32,40)(H,35,36)/t17-,18-,19+,21+,22-,23-/m0/s1. The number of aliphatic hydroxyl groups is 1. The summed E-state index contributed by atoms with van der Waals surface area (Å²) in [5.74, 6) is -6.24. The second-order valence-electron chi connectivity index (χ2n) is 12.1. The number of esters is 3. The van der Waals surface area contributed by atoms with Crippen LogP contribution in [0, 0.1) is 11.3 Å². The van der Waals surface area contributed by atoms with Gasteiger partial charge < -0.3 is 34.5 Å². The molecule has 44 heavy (non-hydrogen) atoms. The Hall–Kier alpha value is -4.00. The number of nitrogens with one attached hydrogen (secondary N) is 1. The van der Waals surface area contributed by atoms with Gasteiger partial charge in [0.05, 0.1) is 0 Å². The summed E-state index contributed by atoms with van der Waals surface area (Å²) < 4.78 is 21.2. The first-order chi connectivity index (χ1) is 20.2. The first kappa shape index (κ1) is 38.0. The molecule has 1 aromatic rings. The lowest BCUT2D eigenvalue weighted by Gasteiger charge is -2.31. The zero-order valence-corrected chi connectivity index (χ0v) is 26.7. The topological polar surface area (TPSA) is 192 Å². The van der Waals surface area contributed by atoms with E-state index in [0.717, 1.165) is 0 Å². The Labute approximate surface area is 257 Å². The van der Waals surface area contributed by atoms with E-state index in [2.05, 4.69) is 5.32 Å². The molecule has 0 aliphatic carbocycles. The number of ether oxygens (including phenoxy) is 4. The summed E-state index contributed by atoms with van der Waals surface area (Å²) in [5, 5.41) is 21.4. The first-order valence-corrected chi connectivity index (χ1v) is 14.3. The number of carbonyl (C=O) groups excluding carboxylic acids is 5. The summed E-state index contributed by atoms with van der Waals surface area (Å²) >= 11 is 0. The lowest BCUT2D eigenvalue weighted by molar-refractivity contribution is -0.184. The predicted molar refractivity (Wildman–Crippen MR) is 156 cm³/mol. The van der Waals surface area contributed by atoms with E-state index >= 15 is 0 Å². The fourth-order valence-electron chi connectivity index (χ4n) is 3.76. The van der Waals surface area contributed by atoms with Crippen LogP contribution in [-0.4, -0.2) is 82.0 Å². The summed E-state index contributed by atoms with van der Waals surface area (Å²) in [4.78, 5) is 76.4. The quantitative estimate of drug-likeness (QED) is 0.147. The molecule has 0 aromatic heterocycles. The average Bonchev–Trinajstić information content (AvgIpc) is 2.92. The van der Waals surface area contributed by atoms with Crippen molar-refractivity contribution in [3.05, 3.63) is 35.9 Å². The molecule has 0 aliphatic heterocycles. The molecule has 0 fully saturated rings. The van der Waals surface area contributed by atoms with E-state index in [-0.39, 0.29) is 6.42 Å². The Balaban J connectivity index is 3.19. The zero-order valence-electron chi connectivity index (χ0n) is 26.7. The van der Waals surface area contributed by atoms with Crippen LogP contribution >= 0.6 is 0 Å². The van der Waals surface area contributed by atoms with Gasteiger partial charge in [0.15, 0.2) is 17.9 Å². The normalized spacial score (nSPS) is 15.8. The van der Waals surface area contributed by atoms with E-state index < -0.39 is 83.1 Å². The maximum atomic E-state index is 13.6. The minimum Gasteiger partial charge on any atom is -0.480 e. The number of carboxylic acids is 1. The number of carbonyl (C=O) groups is 6. The highest BCUT2D eigenvalue weighted by Crippen LogP contribution is 2.27. The molecule has 13 heteroatoms. The minimum atomic E-state index is -1.93. The maximum Gasteiger partial charge on any atom is 0.408 e. The van der Waals surface area contributed by atoms with Crippen LogP contribution in [0.15, 0.2) is 30.3 Å². The van der Waals surface area contributed by atoms with Crippen molar-refractivity contribution in [2.24, 2.45) is 11.3 Å². The van der Waals surface area contributed by atoms with E-state index in [0.29, 0.717) is 12.0 Å². The lowest BCUT2D eigenvalue weighted by Crippen LogP contribution is -2.52. The van der Waals surface area contributed by atoms with Crippen molar-refractivity contribution >= 4 is 35.8 Å². The Morgan fingerprint density at radius 2 is 1.43 bits per heavy atom. The molecule has 6 atom stereocenters. The van der Waals surface area contributed by atoms with Gasteiger partial charge in [0.1, 0.15) is 23.2 Å². The van der Waals surface area contributed by atoms with Crippen LogP contribution in [0.2, 0.25) is 0 Å². The van der Waals surface area contributed by atoms with Gasteiger partial charge in [-0.25, -0.2) is 19.2 Å². The van der Waals surface area contributed by atoms with Crippen LogP contribution in [0.5, 0.6) is 0 Å². The van der Waals surface area contributed by atoms with E-state index in [9.17, 15) is 39.0 Å². The van der Waals surface area contributed by atoms with Gasteiger partial charge in [-0.05, 0) is 60.5 Å². The van der Waals surface area contributed by atoms with Crippen molar-refractivity contribution in [3.63, 3.8) is 0 Å². The van der Waals surface area contributed by atoms with Gasteiger partial charge in [-0.15, -0.1) is 0 Å². The maximum absolute atomic E-state index is 13.6. The summed E-state index contributed by atoms with van der Waals surface area (Å²) in [6.07, 6.45) is -6.76. The van der Waals surface area contributed by atoms with Gasteiger partial charge in [0, 0.05) is 12.3 Å². The fraction of sp³-hybridized carbons (Fsp3) is 0.613. The Bertz CT molecular complexity index is 1170. The van der Waals surface area contributed by atoms with Crippen LogP contribution in [-0.2, 0) is 49.3 Å². The summed E-state index contributed by atoms with van der Waals surface area (Å²) in [7, 11) is 0. The smallest absolute Gasteiger partial charge is 0.408 e. The molecule has 0 saturated heterocycles. The second kappa shape index (κ2) is 16.2. The minimum absolute atomic E-state index is 0.0928. The van der Waals surface area contributed by atoms with E-state index in [4.69, 9.17) is 18.9 Å². The molecule has 3 N–H and O–H groups in total. The van der Waals surface area contributed by atoms with Gasteiger partial charge in [0.2, 0.25) is 6.10 Å². The number of alkyl carbamates (subject to hydrolysis) is 1. The Kier molecular flexibility index (Phi) is 14.0. The number of hydrogen-bond acceptors (Lipinski definition) is 11. The number of rotatable bonds is 15. The highest BCUT2D eigenvalue weighted by atomic mass is 16.6. The number of ketones is 1. The third-order valence-electron chi connectivity index (χ3n) is 6.62. The number of benzene rings is 1. The van der Waals surface area contributed by atoms with Crippen LogP contribution in [0.25, 0.3) is 0 Å². The highest BCUT2D eigenvalue weighted by Gasteiger charge is 2.46. The summed E-state index contributed by atoms with van der Waals surface area (Å²) in [6, 6.07) is 6.88. The average molecular weight is 624 g/mol. The van der Waals surface area contributed by atoms with Crippen LogP contribution in [0.4, 0.5) is 4.79 Å². The highest BCUT2D eigenvalue weighted by molar-refractivity contribution is 6.06. The largest absolute Gasteiger partial charge is 0.480 e. The second-order valence-corrected chi connectivity index (χ2v) is 12.1. The lowest BCUT2D eigenvalue weighted by atomic mass is 9.83. The SMILES string of the molecule is CC[C@H](C)[C@H](OC(=O)C(C)(C)C(=O)[C@@H](Cc1ccccc1)OC(=O)[C@H](C)O)C(=O)O[C@H](C)[C@H](NC(=O)OC(C)(C)C)C(=O)O. The summed E-state index contributed by atoms with van der Waals surface area (Å²) in [5.41, 5.74) is -2.23. The van der Waals surface area contributed by atoms with E-state index in [1.165, 1.54) is 27.7 Å². The van der Waals surface area contributed by atoms with Crippen molar-refractivity contribution in [1.29, 1.82) is 0 Å². The fourth-order valence-corrected chi connectivity index (χ4v) is 3.76. The predicted octanol–water partition coefficient (Wildman–Crippen LogP) is 2.98. The Morgan fingerprint density at radius 1 is 0.864 bits per heavy atom.